The summed E-state index contributed by atoms with van der Waals surface area (Å²) in [6.07, 6.45) is 7.48. The fourth-order valence-electron chi connectivity index (χ4n) is 1.84. The van der Waals surface area contributed by atoms with Crippen molar-refractivity contribution in [3.63, 3.8) is 0 Å². The molecule has 1 saturated heterocycles. The van der Waals surface area contributed by atoms with Crippen molar-refractivity contribution >= 4 is 17.8 Å². The first-order chi connectivity index (χ1) is 6.90. The van der Waals surface area contributed by atoms with E-state index in [-0.39, 0.29) is 6.04 Å². The first kappa shape index (κ1) is 10.2. The molecule has 0 spiro atoms. The summed E-state index contributed by atoms with van der Waals surface area (Å²) in [6.45, 7) is 0.895. The maximum Gasteiger partial charge on any atom is 0.235 e. The Hall–Kier alpha value is -0.310. The van der Waals surface area contributed by atoms with Gasteiger partial charge in [-0.2, -0.15) is 0 Å². The number of carbonyl (C=O) groups excluding carboxylic acids is 1. The van der Waals surface area contributed by atoms with Gasteiger partial charge in [0.15, 0.2) is 0 Å². The molecule has 3 atom stereocenters. The van der Waals surface area contributed by atoms with Crippen LogP contribution in [0.4, 0.5) is 0 Å². The molecular formula is C10H15NO2S. The zero-order valence-electron chi connectivity index (χ0n) is 8.15. The largest absolute Gasteiger partial charge is 0.368 e. The topological polar surface area (TPSA) is 38.7 Å². The summed E-state index contributed by atoms with van der Waals surface area (Å²) < 4.78 is 5.63. The number of rotatable bonds is 3. The van der Waals surface area contributed by atoms with Crippen molar-refractivity contribution in [3.8, 4) is 0 Å². The Morgan fingerprint density at radius 3 is 2.79 bits per heavy atom. The van der Waals surface area contributed by atoms with Gasteiger partial charge in [-0.1, -0.05) is 0 Å². The second-order valence-corrected chi connectivity index (χ2v) is 5.24. The van der Waals surface area contributed by atoms with Crippen LogP contribution in [0.5, 0.6) is 0 Å². The van der Waals surface area contributed by atoms with E-state index in [1.807, 2.05) is 11.8 Å². The van der Waals surface area contributed by atoms with Crippen LogP contribution in [0.2, 0.25) is 0 Å². The van der Waals surface area contributed by atoms with Crippen molar-refractivity contribution < 1.29 is 9.53 Å². The molecule has 0 aromatic carbocycles. The summed E-state index contributed by atoms with van der Waals surface area (Å²) in [5.74, 6) is 0. The van der Waals surface area contributed by atoms with Gasteiger partial charge in [-0.3, -0.25) is 0 Å². The minimum absolute atomic E-state index is 0.211. The Kier molecular flexibility index (Phi) is 3.62. The summed E-state index contributed by atoms with van der Waals surface area (Å²) >= 11 is 1.86. The number of isocyanates is 1. The average molecular weight is 213 g/mol. The molecule has 1 aliphatic heterocycles. The molecule has 2 fully saturated rings. The van der Waals surface area contributed by atoms with Crippen molar-refractivity contribution in [2.45, 2.75) is 48.8 Å². The highest BCUT2D eigenvalue weighted by molar-refractivity contribution is 8.00. The fraction of sp³-hybridized carbons (Fsp3) is 0.900. The predicted octanol–water partition coefficient (Wildman–Crippen LogP) is 2.11. The molecule has 1 aliphatic carbocycles. The summed E-state index contributed by atoms with van der Waals surface area (Å²) in [4.78, 5) is 13.9. The lowest BCUT2D eigenvalue weighted by Crippen LogP contribution is -2.35. The lowest BCUT2D eigenvalue weighted by atomic mass is 9.93. The molecule has 3 nitrogen and oxygen atoms in total. The van der Waals surface area contributed by atoms with Crippen LogP contribution in [0.25, 0.3) is 0 Å². The van der Waals surface area contributed by atoms with Gasteiger partial charge in [0, 0.05) is 11.9 Å². The van der Waals surface area contributed by atoms with E-state index in [9.17, 15) is 4.79 Å². The average Bonchev–Trinajstić information content (AvgIpc) is 2.23. The standard InChI is InChI=1S/C10H15NO2S/c12-7-11-8-4-5-9(8)14-10-3-1-2-6-13-10/h8-10H,1-6H2/t8-,9-,10?/m1/s1. The van der Waals surface area contributed by atoms with Crippen molar-refractivity contribution in [1.82, 2.24) is 0 Å². The van der Waals surface area contributed by atoms with Crippen molar-refractivity contribution in [1.29, 1.82) is 0 Å². The monoisotopic (exact) mass is 213 g/mol. The predicted molar refractivity (Wildman–Crippen MR) is 56.1 cm³/mol. The molecule has 1 unspecified atom stereocenters. The Balaban J connectivity index is 1.76. The van der Waals surface area contributed by atoms with Crippen LogP contribution >= 0.6 is 11.8 Å². The van der Waals surface area contributed by atoms with Gasteiger partial charge in [0.25, 0.3) is 0 Å². The molecule has 0 bridgehead atoms. The van der Waals surface area contributed by atoms with Gasteiger partial charge in [0.05, 0.1) is 6.04 Å². The van der Waals surface area contributed by atoms with E-state index in [1.54, 1.807) is 6.08 Å². The Bertz CT molecular complexity index is 234. The highest BCUT2D eigenvalue weighted by Gasteiger charge is 2.34. The van der Waals surface area contributed by atoms with E-state index in [2.05, 4.69) is 4.99 Å². The van der Waals surface area contributed by atoms with Crippen molar-refractivity contribution in [2.24, 2.45) is 4.99 Å². The van der Waals surface area contributed by atoms with Crippen LogP contribution in [-0.2, 0) is 9.53 Å². The molecule has 0 amide bonds. The van der Waals surface area contributed by atoms with E-state index in [4.69, 9.17) is 4.74 Å². The molecule has 2 rings (SSSR count). The normalized spacial score (nSPS) is 37.0. The van der Waals surface area contributed by atoms with E-state index in [1.165, 1.54) is 19.3 Å². The molecule has 0 radical (unpaired) electrons. The zero-order chi connectivity index (χ0) is 9.80. The minimum Gasteiger partial charge on any atom is -0.368 e. The van der Waals surface area contributed by atoms with Gasteiger partial charge >= 0.3 is 0 Å². The molecule has 4 heteroatoms. The third kappa shape index (κ3) is 2.38. The number of thioether (sulfide) groups is 1. The first-order valence-electron chi connectivity index (χ1n) is 5.24. The number of nitrogens with zero attached hydrogens (tertiary/aromatic N) is 1. The molecular weight excluding hydrogens is 198 g/mol. The van der Waals surface area contributed by atoms with Crippen LogP contribution in [0.3, 0.4) is 0 Å². The van der Waals surface area contributed by atoms with Crippen LogP contribution in [0, 0.1) is 0 Å². The SMILES string of the molecule is O=C=N[C@@H]1CC[C@H]1SC1CCCCO1. The molecule has 1 heterocycles. The summed E-state index contributed by atoms with van der Waals surface area (Å²) in [6, 6.07) is 0.211. The van der Waals surface area contributed by atoms with Crippen LogP contribution in [0.1, 0.15) is 32.1 Å². The minimum atomic E-state index is 0.211. The van der Waals surface area contributed by atoms with Crippen molar-refractivity contribution in [2.75, 3.05) is 6.61 Å². The van der Waals surface area contributed by atoms with Crippen LogP contribution in [-0.4, -0.2) is 29.4 Å². The number of hydrogen-bond donors (Lipinski definition) is 0. The molecule has 14 heavy (non-hydrogen) atoms. The van der Waals surface area contributed by atoms with Crippen molar-refractivity contribution in [3.05, 3.63) is 0 Å². The molecule has 78 valence electrons. The summed E-state index contributed by atoms with van der Waals surface area (Å²) in [7, 11) is 0. The molecule has 0 aromatic heterocycles. The molecule has 2 aliphatic rings. The summed E-state index contributed by atoms with van der Waals surface area (Å²) in [5.41, 5.74) is 0.346. The summed E-state index contributed by atoms with van der Waals surface area (Å²) in [5, 5.41) is 0.500. The quantitative estimate of drug-likeness (QED) is 0.532. The van der Waals surface area contributed by atoms with Gasteiger partial charge in [-0.25, -0.2) is 9.79 Å². The second-order valence-electron chi connectivity index (χ2n) is 3.84. The van der Waals surface area contributed by atoms with Gasteiger partial charge in [-0.05, 0) is 32.1 Å². The van der Waals surface area contributed by atoms with Gasteiger partial charge < -0.3 is 4.74 Å². The smallest absolute Gasteiger partial charge is 0.235 e. The van der Waals surface area contributed by atoms with Gasteiger partial charge in [0.1, 0.15) is 5.44 Å². The lowest BCUT2D eigenvalue weighted by Gasteiger charge is -2.35. The van der Waals surface area contributed by atoms with E-state index < -0.39 is 0 Å². The fourth-order valence-corrected chi connectivity index (χ4v) is 3.36. The highest BCUT2D eigenvalue weighted by Crippen LogP contribution is 2.39. The lowest BCUT2D eigenvalue weighted by molar-refractivity contribution is 0.0719. The Labute approximate surface area is 88.3 Å². The zero-order valence-corrected chi connectivity index (χ0v) is 8.96. The number of aliphatic imine (C=N–C) groups is 1. The Morgan fingerprint density at radius 2 is 2.21 bits per heavy atom. The third-order valence-corrected chi connectivity index (χ3v) is 4.43. The van der Waals surface area contributed by atoms with E-state index in [0.29, 0.717) is 10.7 Å². The maximum absolute atomic E-state index is 10.1. The Morgan fingerprint density at radius 1 is 1.29 bits per heavy atom. The molecule has 0 aromatic rings. The van der Waals surface area contributed by atoms with E-state index >= 15 is 0 Å². The van der Waals surface area contributed by atoms with Crippen LogP contribution < -0.4 is 0 Å². The third-order valence-electron chi connectivity index (χ3n) is 2.86. The van der Waals surface area contributed by atoms with E-state index in [0.717, 1.165) is 19.4 Å². The number of ether oxygens (including phenoxy) is 1. The van der Waals surface area contributed by atoms with Gasteiger partial charge in [-0.15, -0.1) is 11.8 Å². The van der Waals surface area contributed by atoms with Gasteiger partial charge in [0.2, 0.25) is 6.08 Å². The molecule has 0 N–H and O–H groups in total. The number of hydrogen-bond acceptors (Lipinski definition) is 4. The molecule has 1 saturated carbocycles. The first-order valence-corrected chi connectivity index (χ1v) is 6.18. The van der Waals surface area contributed by atoms with Crippen LogP contribution in [0.15, 0.2) is 4.99 Å². The second kappa shape index (κ2) is 4.96. The maximum atomic E-state index is 10.1. The highest BCUT2D eigenvalue weighted by atomic mass is 32.2.